The fourth-order valence-corrected chi connectivity index (χ4v) is 4.05. The van der Waals surface area contributed by atoms with Crippen LogP contribution in [-0.4, -0.2) is 55.8 Å². The van der Waals surface area contributed by atoms with Gasteiger partial charge in [-0.15, -0.1) is 11.3 Å². The molecule has 0 aliphatic carbocycles. The van der Waals surface area contributed by atoms with Crippen LogP contribution >= 0.6 is 11.3 Å². The molecule has 31 heavy (non-hydrogen) atoms. The number of hydrogen-bond donors (Lipinski definition) is 0. The molecule has 0 spiro atoms. The van der Waals surface area contributed by atoms with Gasteiger partial charge in [-0.25, -0.2) is 9.78 Å². The molecule has 1 aromatic carbocycles. The van der Waals surface area contributed by atoms with Gasteiger partial charge in [-0.3, -0.25) is 14.2 Å². The quantitative estimate of drug-likeness (QED) is 0.280. The zero-order valence-electron chi connectivity index (χ0n) is 17.6. The molecule has 0 radical (unpaired) electrons. The van der Waals surface area contributed by atoms with Crippen LogP contribution in [0.1, 0.15) is 25.6 Å². The minimum Gasteiger partial charge on any atom is -0.497 e. The fourth-order valence-electron chi connectivity index (χ4n) is 3.02. The number of thiophene rings is 1. The third-order valence-corrected chi connectivity index (χ3v) is 5.83. The Labute approximate surface area is 182 Å². The molecule has 0 unspecified atom stereocenters. The Balaban J connectivity index is 1.91. The maximum atomic E-state index is 13.0. The van der Waals surface area contributed by atoms with E-state index in [9.17, 15) is 14.4 Å². The van der Waals surface area contributed by atoms with Gasteiger partial charge in [0.2, 0.25) is 0 Å². The van der Waals surface area contributed by atoms with Crippen LogP contribution in [0.4, 0.5) is 0 Å². The highest BCUT2D eigenvalue weighted by Crippen LogP contribution is 2.28. The van der Waals surface area contributed by atoms with E-state index in [1.54, 1.807) is 25.1 Å². The number of nitrogens with zero attached hydrogens (tertiary/aromatic N) is 2. The van der Waals surface area contributed by atoms with Gasteiger partial charge in [0.1, 0.15) is 27.8 Å². The van der Waals surface area contributed by atoms with Crippen LogP contribution in [0.2, 0.25) is 0 Å². The fraction of sp³-hybridized carbons (Fsp3) is 0.333. The molecule has 10 heteroatoms. The molecule has 0 saturated carbocycles. The van der Waals surface area contributed by atoms with E-state index in [0.29, 0.717) is 37.7 Å². The maximum Gasteiger partial charge on any atom is 0.348 e. The minimum absolute atomic E-state index is 0.110. The lowest BCUT2D eigenvalue weighted by molar-refractivity contribution is 0.0393. The van der Waals surface area contributed by atoms with Crippen molar-refractivity contribution in [2.45, 2.75) is 13.5 Å². The largest absolute Gasteiger partial charge is 0.497 e. The van der Waals surface area contributed by atoms with Crippen molar-refractivity contribution in [3.8, 4) is 11.5 Å². The molecule has 0 atom stereocenters. The van der Waals surface area contributed by atoms with Gasteiger partial charge < -0.3 is 18.9 Å². The van der Waals surface area contributed by atoms with Gasteiger partial charge in [0.25, 0.3) is 5.56 Å². The van der Waals surface area contributed by atoms with Crippen LogP contribution in [0.5, 0.6) is 11.5 Å². The Kier molecular flexibility index (Phi) is 7.03. The first kappa shape index (κ1) is 22.4. The van der Waals surface area contributed by atoms with Crippen molar-refractivity contribution in [3.05, 3.63) is 50.9 Å². The number of aryl methyl sites for hydroxylation is 1. The number of benzene rings is 1. The van der Waals surface area contributed by atoms with E-state index < -0.39 is 11.5 Å². The van der Waals surface area contributed by atoms with Gasteiger partial charge in [-0.05, 0) is 24.6 Å². The van der Waals surface area contributed by atoms with Crippen molar-refractivity contribution < 1.29 is 28.5 Å². The highest BCUT2D eigenvalue weighted by Gasteiger charge is 2.22. The third kappa shape index (κ3) is 4.59. The van der Waals surface area contributed by atoms with Gasteiger partial charge in [-0.1, -0.05) is 0 Å². The Morgan fingerprint density at radius 3 is 2.58 bits per heavy atom. The van der Waals surface area contributed by atoms with Crippen molar-refractivity contribution in [1.29, 1.82) is 0 Å². The Morgan fingerprint density at radius 1 is 1.13 bits per heavy atom. The summed E-state index contributed by atoms with van der Waals surface area (Å²) in [6, 6.07) is 4.83. The molecule has 0 N–H and O–H groups in total. The van der Waals surface area contributed by atoms with Crippen molar-refractivity contribution in [1.82, 2.24) is 9.55 Å². The third-order valence-electron chi connectivity index (χ3n) is 4.65. The molecule has 0 aliphatic rings. The smallest absolute Gasteiger partial charge is 0.348 e. The first-order valence-electron chi connectivity index (χ1n) is 9.31. The Morgan fingerprint density at radius 2 is 1.90 bits per heavy atom. The van der Waals surface area contributed by atoms with Crippen molar-refractivity contribution >= 4 is 33.3 Å². The molecule has 164 valence electrons. The molecule has 2 heterocycles. The Hall–Kier alpha value is -3.24. The second-order valence-electron chi connectivity index (χ2n) is 6.53. The standard InChI is InChI=1S/C21H22N2O7S/c1-12-17-19(31-18(12)21(26)30-8-7-27-2)22-11-23(20(17)25)10-15(24)14-6-5-13(28-3)9-16(14)29-4/h5-6,9,11H,7-8,10H2,1-4H3. The van der Waals surface area contributed by atoms with Crippen molar-refractivity contribution in [2.75, 3.05) is 34.5 Å². The normalized spacial score (nSPS) is 10.8. The van der Waals surface area contributed by atoms with Gasteiger partial charge in [-0.2, -0.15) is 0 Å². The van der Waals surface area contributed by atoms with Crippen LogP contribution in [-0.2, 0) is 16.0 Å². The first-order chi connectivity index (χ1) is 14.9. The second-order valence-corrected chi connectivity index (χ2v) is 7.53. The summed E-state index contributed by atoms with van der Waals surface area (Å²) in [5.74, 6) is 0.0316. The van der Waals surface area contributed by atoms with E-state index in [-0.39, 0.29) is 25.5 Å². The van der Waals surface area contributed by atoms with Crippen LogP contribution in [0.15, 0.2) is 29.3 Å². The van der Waals surface area contributed by atoms with Crippen LogP contribution in [0.25, 0.3) is 10.2 Å². The van der Waals surface area contributed by atoms with E-state index in [1.807, 2.05) is 0 Å². The number of Topliss-reactive ketones (excluding diaryl/α,β-unsaturated/α-hetero) is 1. The molecular weight excluding hydrogens is 424 g/mol. The number of methoxy groups -OCH3 is 3. The number of ether oxygens (including phenoxy) is 4. The molecule has 9 nitrogen and oxygen atoms in total. The molecule has 0 saturated heterocycles. The minimum atomic E-state index is -0.539. The molecule has 3 rings (SSSR count). The lowest BCUT2D eigenvalue weighted by Crippen LogP contribution is -2.25. The zero-order chi connectivity index (χ0) is 22.5. The van der Waals surface area contributed by atoms with Gasteiger partial charge >= 0.3 is 5.97 Å². The second kappa shape index (κ2) is 9.71. The van der Waals surface area contributed by atoms with Crippen LogP contribution in [0.3, 0.4) is 0 Å². The van der Waals surface area contributed by atoms with Gasteiger partial charge in [0.15, 0.2) is 5.78 Å². The first-order valence-corrected chi connectivity index (χ1v) is 10.1. The summed E-state index contributed by atoms with van der Waals surface area (Å²) in [4.78, 5) is 43.1. The summed E-state index contributed by atoms with van der Waals surface area (Å²) in [6.07, 6.45) is 1.30. The highest BCUT2D eigenvalue weighted by molar-refractivity contribution is 7.20. The number of fused-ring (bicyclic) bond motifs is 1. The number of hydrogen-bond acceptors (Lipinski definition) is 9. The van der Waals surface area contributed by atoms with E-state index in [1.165, 1.54) is 32.2 Å². The summed E-state index contributed by atoms with van der Waals surface area (Å²) in [7, 11) is 4.47. The Bertz CT molecular complexity index is 1180. The van der Waals surface area contributed by atoms with Crippen LogP contribution < -0.4 is 15.0 Å². The summed E-state index contributed by atoms with van der Waals surface area (Å²) in [6.45, 7) is 1.82. The SMILES string of the molecule is COCCOC(=O)c1sc2ncn(CC(=O)c3ccc(OC)cc3OC)c(=O)c2c1C. The van der Waals surface area contributed by atoms with Crippen LogP contribution in [0, 0.1) is 6.92 Å². The summed E-state index contributed by atoms with van der Waals surface area (Å²) < 4.78 is 21.6. The molecule has 0 aliphatic heterocycles. The van der Waals surface area contributed by atoms with Gasteiger partial charge in [0.05, 0.1) is 44.6 Å². The number of aromatic nitrogens is 2. The van der Waals surface area contributed by atoms with Crippen molar-refractivity contribution in [2.24, 2.45) is 0 Å². The molecule has 0 amide bonds. The average Bonchev–Trinajstić information content (AvgIpc) is 3.12. The average molecular weight is 446 g/mol. The topological polar surface area (TPSA) is 106 Å². The molecule has 2 aromatic heterocycles. The predicted molar refractivity (Wildman–Crippen MR) is 115 cm³/mol. The van der Waals surface area contributed by atoms with Crippen molar-refractivity contribution in [3.63, 3.8) is 0 Å². The van der Waals surface area contributed by atoms with E-state index >= 15 is 0 Å². The lowest BCUT2D eigenvalue weighted by Gasteiger charge is -2.10. The maximum absolute atomic E-state index is 13.0. The van der Waals surface area contributed by atoms with Gasteiger partial charge in [0, 0.05) is 13.2 Å². The summed E-state index contributed by atoms with van der Waals surface area (Å²) in [5.41, 5.74) is 0.388. The van der Waals surface area contributed by atoms with E-state index in [0.717, 1.165) is 11.3 Å². The number of esters is 1. The zero-order valence-corrected chi connectivity index (χ0v) is 18.4. The number of carbonyl (C=O) groups excluding carboxylic acids is 2. The van der Waals surface area contributed by atoms with E-state index in [4.69, 9.17) is 18.9 Å². The number of carbonyl (C=O) groups is 2. The monoisotopic (exact) mass is 446 g/mol. The molecular formula is C21H22N2O7S. The summed E-state index contributed by atoms with van der Waals surface area (Å²) in [5, 5.41) is 0.292. The van der Waals surface area contributed by atoms with E-state index in [2.05, 4.69) is 4.98 Å². The predicted octanol–water partition coefficient (Wildman–Crippen LogP) is 2.47. The lowest BCUT2D eigenvalue weighted by atomic mass is 10.1. The highest BCUT2D eigenvalue weighted by atomic mass is 32.1. The molecule has 0 fully saturated rings. The number of rotatable bonds is 9. The molecule has 0 bridgehead atoms. The summed E-state index contributed by atoms with van der Waals surface area (Å²) >= 11 is 1.08. The molecule has 3 aromatic rings. The number of ketones is 1.